The molecule has 2 aromatic carbocycles. The summed E-state index contributed by atoms with van der Waals surface area (Å²) in [5, 5.41) is 12.4. The summed E-state index contributed by atoms with van der Waals surface area (Å²) in [4.78, 5) is 12.3. The first-order valence-electron chi connectivity index (χ1n) is 6.71. The van der Waals surface area contributed by atoms with Crippen molar-refractivity contribution in [3.8, 4) is 11.5 Å². The Labute approximate surface area is 136 Å². The average molecular weight is 360 g/mol. The summed E-state index contributed by atoms with van der Waals surface area (Å²) in [7, 11) is 1.53. The molecule has 5 heteroatoms. The Morgan fingerprint density at radius 1 is 1.27 bits per heavy atom. The predicted molar refractivity (Wildman–Crippen MR) is 90.0 cm³/mol. The zero-order valence-electron chi connectivity index (χ0n) is 12.1. The van der Waals surface area contributed by atoms with Crippen molar-refractivity contribution >= 4 is 39.2 Å². The summed E-state index contributed by atoms with van der Waals surface area (Å²) >= 11 is 3.50. The van der Waals surface area contributed by atoms with Crippen LogP contribution < -0.4 is 10.1 Å². The van der Waals surface area contributed by atoms with Crippen molar-refractivity contribution in [3.63, 3.8) is 0 Å². The first-order valence-corrected chi connectivity index (χ1v) is 7.50. The van der Waals surface area contributed by atoms with Gasteiger partial charge in [0.05, 0.1) is 12.7 Å². The predicted octanol–water partition coefficient (Wildman–Crippen LogP) is 3.96. The van der Waals surface area contributed by atoms with Crippen LogP contribution >= 0.6 is 15.9 Å². The SMILES string of the molecule is COc1cc(O)ccc1C=C1C(=O)Nc2ccc(Br)c(C)c21. The maximum atomic E-state index is 12.3. The fourth-order valence-electron chi connectivity index (χ4n) is 2.55. The molecule has 0 aromatic heterocycles. The molecule has 22 heavy (non-hydrogen) atoms. The molecule has 4 nitrogen and oxygen atoms in total. The van der Waals surface area contributed by atoms with Gasteiger partial charge in [0, 0.05) is 27.4 Å². The fourth-order valence-corrected chi connectivity index (χ4v) is 2.88. The maximum absolute atomic E-state index is 12.3. The Kier molecular flexibility index (Phi) is 3.66. The molecule has 0 radical (unpaired) electrons. The molecule has 2 aromatic rings. The molecule has 1 aliphatic rings. The van der Waals surface area contributed by atoms with Crippen molar-refractivity contribution in [2.24, 2.45) is 0 Å². The van der Waals surface area contributed by atoms with Crippen LogP contribution in [0.4, 0.5) is 5.69 Å². The highest BCUT2D eigenvalue weighted by Crippen LogP contribution is 2.39. The molecule has 3 rings (SSSR count). The van der Waals surface area contributed by atoms with E-state index in [1.807, 2.05) is 19.1 Å². The van der Waals surface area contributed by atoms with Gasteiger partial charge < -0.3 is 15.2 Å². The summed E-state index contributed by atoms with van der Waals surface area (Å²) in [6.45, 7) is 1.96. The van der Waals surface area contributed by atoms with Crippen molar-refractivity contribution < 1.29 is 14.6 Å². The largest absolute Gasteiger partial charge is 0.508 e. The standard InChI is InChI=1S/C17H14BrNO3/c1-9-13(18)5-6-14-16(9)12(17(21)19-14)7-10-3-4-11(20)8-15(10)22-2/h3-8,20H,1-2H3,(H,19,21). The van der Waals surface area contributed by atoms with Crippen molar-refractivity contribution in [2.45, 2.75) is 6.92 Å². The van der Waals surface area contributed by atoms with Crippen molar-refractivity contribution in [2.75, 3.05) is 12.4 Å². The average Bonchev–Trinajstić information content (AvgIpc) is 2.81. The zero-order valence-corrected chi connectivity index (χ0v) is 13.7. The number of fused-ring (bicyclic) bond motifs is 1. The number of amides is 1. The number of hydrogen-bond donors (Lipinski definition) is 2. The van der Waals surface area contributed by atoms with E-state index in [0.29, 0.717) is 11.3 Å². The number of hydrogen-bond acceptors (Lipinski definition) is 3. The van der Waals surface area contributed by atoms with E-state index in [0.717, 1.165) is 26.9 Å². The molecule has 0 saturated carbocycles. The van der Waals surface area contributed by atoms with E-state index in [1.54, 1.807) is 18.2 Å². The van der Waals surface area contributed by atoms with Crippen molar-refractivity contribution in [1.82, 2.24) is 0 Å². The van der Waals surface area contributed by atoms with Crippen molar-refractivity contribution in [3.05, 3.63) is 51.5 Å². The maximum Gasteiger partial charge on any atom is 0.256 e. The van der Waals surface area contributed by atoms with Gasteiger partial charge in [-0.05, 0) is 42.8 Å². The van der Waals surface area contributed by atoms with Crippen LogP contribution in [0.5, 0.6) is 11.5 Å². The number of methoxy groups -OCH3 is 1. The molecule has 1 heterocycles. The third-order valence-electron chi connectivity index (χ3n) is 3.68. The van der Waals surface area contributed by atoms with Gasteiger partial charge in [0.25, 0.3) is 5.91 Å². The number of aromatic hydroxyl groups is 1. The minimum atomic E-state index is -0.147. The second-order valence-corrected chi connectivity index (χ2v) is 5.89. The summed E-state index contributed by atoms with van der Waals surface area (Å²) < 4.78 is 6.22. The van der Waals surface area contributed by atoms with E-state index in [-0.39, 0.29) is 11.7 Å². The van der Waals surface area contributed by atoms with Crippen LogP contribution in [0.15, 0.2) is 34.8 Å². The first kappa shape index (κ1) is 14.7. The molecule has 0 bridgehead atoms. The van der Waals surface area contributed by atoms with Crippen LogP contribution in [0.3, 0.4) is 0 Å². The van der Waals surface area contributed by atoms with Gasteiger partial charge in [-0.2, -0.15) is 0 Å². The summed E-state index contributed by atoms with van der Waals surface area (Å²) in [6, 6.07) is 8.60. The Bertz CT molecular complexity index is 812. The number of halogens is 1. The van der Waals surface area contributed by atoms with Crippen molar-refractivity contribution in [1.29, 1.82) is 0 Å². The van der Waals surface area contributed by atoms with E-state index < -0.39 is 0 Å². The minimum Gasteiger partial charge on any atom is -0.508 e. The van der Waals surface area contributed by atoms with Gasteiger partial charge in [0.2, 0.25) is 0 Å². The molecule has 0 fully saturated rings. The van der Waals surface area contributed by atoms with E-state index in [9.17, 15) is 9.90 Å². The van der Waals surface area contributed by atoms with Crippen LogP contribution in [0, 0.1) is 6.92 Å². The summed E-state index contributed by atoms with van der Waals surface area (Å²) in [5.74, 6) is 0.488. The highest BCUT2D eigenvalue weighted by Gasteiger charge is 2.27. The minimum absolute atomic E-state index is 0.120. The quantitative estimate of drug-likeness (QED) is 0.797. The lowest BCUT2D eigenvalue weighted by molar-refractivity contribution is -0.110. The summed E-state index contributed by atoms with van der Waals surface area (Å²) in [6.07, 6.45) is 1.78. The number of anilines is 1. The normalized spacial score (nSPS) is 14.9. The molecule has 0 atom stereocenters. The Morgan fingerprint density at radius 2 is 2.05 bits per heavy atom. The van der Waals surface area contributed by atoms with Gasteiger partial charge in [-0.1, -0.05) is 15.9 Å². The van der Waals surface area contributed by atoms with Gasteiger partial charge in [-0.25, -0.2) is 0 Å². The fraction of sp³-hybridized carbons (Fsp3) is 0.118. The van der Waals surface area contributed by atoms with E-state index in [1.165, 1.54) is 13.2 Å². The first-order chi connectivity index (χ1) is 10.5. The number of ether oxygens (including phenoxy) is 1. The highest BCUT2D eigenvalue weighted by atomic mass is 79.9. The number of benzene rings is 2. The van der Waals surface area contributed by atoms with Crippen LogP contribution in [0.25, 0.3) is 11.6 Å². The molecule has 112 valence electrons. The smallest absolute Gasteiger partial charge is 0.256 e. The third-order valence-corrected chi connectivity index (χ3v) is 4.54. The topological polar surface area (TPSA) is 58.6 Å². The molecule has 2 N–H and O–H groups in total. The summed E-state index contributed by atoms with van der Waals surface area (Å²) in [5.41, 5.74) is 4.00. The number of phenolic OH excluding ortho intramolecular Hbond substituents is 1. The molecule has 0 unspecified atom stereocenters. The second kappa shape index (κ2) is 5.50. The lowest BCUT2D eigenvalue weighted by Gasteiger charge is -2.08. The molecule has 1 amide bonds. The molecular weight excluding hydrogens is 346 g/mol. The van der Waals surface area contributed by atoms with Crippen LogP contribution in [-0.4, -0.2) is 18.1 Å². The van der Waals surface area contributed by atoms with Gasteiger partial charge >= 0.3 is 0 Å². The number of nitrogens with one attached hydrogen (secondary N) is 1. The lowest BCUT2D eigenvalue weighted by atomic mass is 9.99. The van der Waals surface area contributed by atoms with Crippen LogP contribution in [0.2, 0.25) is 0 Å². The van der Waals surface area contributed by atoms with E-state index in [4.69, 9.17) is 4.74 Å². The number of carbonyl (C=O) groups is 1. The van der Waals surface area contributed by atoms with Crippen LogP contribution in [-0.2, 0) is 4.79 Å². The zero-order chi connectivity index (χ0) is 15.9. The van der Waals surface area contributed by atoms with Gasteiger partial charge in [0.15, 0.2) is 0 Å². The molecule has 1 aliphatic heterocycles. The number of rotatable bonds is 2. The van der Waals surface area contributed by atoms with E-state index >= 15 is 0 Å². The monoisotopic (exact) mass is 359 g/mol. The molecule has 0 spiro atoms. The molecular formula is C17H14BrNO3. The van der Waals surface area contributed by atoms with Gasteiger partial charge in [-0.15, -0.1) is 0 Å². The molecule has 0 aliphatic carbocycles. The Hall–Kier alpha value is -2.27. The van der Waals surface area contributed by atoms with Gasteiger partial charge in [0.1, 0.15) is 11.5 Å². The molecule has 0 saturated heterocycles. The highest BCUT2D eigenvalue weighted by molar-refractivity contribution is 9.10. The van der Waals surface area contributed by atoms with E-state index in [2.05, 4.69) is 21.2 Å². The second-order valence-electron chi connectivity index (χ2n) is 5.03. The number of carbonyl (C=O) groups excluding carboxylic acids is 1. The van der Waals surface area contributed by atoms with Crippen LogP contribution in [0.1, 0.15) is 16.7 Å². The van der Waals surface area contributed by atoms with Gasteiger partial charge in [-0.3, -0.25) is 4.79 Å². The number of phenols is 1. The Morgan fingerprint density at radius 3 is 2.77 bits per heavy atom. The third kappa shape index (κ3) is 2.37. The lowest BCUT2D eigenvalue weighted by Crippen LogP contribution is -2.03. The Balaban J connectivity index is 2.18.